The van der Waals surface area contributed by atoms with E-state index < -0.39 is 0 Å². The molecule has 0 fully saturated rings. The van der Waals surface area contributed by atoms with Crippen molar-refractivity contribution in [1.82, 2.24) is 5.32 Å². The molecule has 0 aliphatic carbocycles. The van der Waals surface area contributed by atoms with Crippen LogP contribution in [-0.2, 0) is 6.54 Å². The molecule has 1 nitrogen and oxygen atoms in total. The van der Waals surface area contributed by atoms with Crippen LogP contribution in [0.3, 0.4) is 0 Å². The van der Waals surface area contributed by atoms with Gasteiger partial charge < -0.3 is 5.32 Å². The van der Waals surface area contributed by atoms with Crippen LogP contribution in [0.5, 0.6) is 0 Å². The average Bonchev–Trinajstić information content (AvgIpc) is 2.30. The van der Waals surface area contributed by atoms with Crippen molar-refractivity contribution in [3.8, 4) is 0 Å². The number of thiophene rings is 1. The maximum absolute atomic E-state index is 3.84. The Kier molecular flexibility index (Phi) is 4.16. The van der Waals surface area contributed by atoms with E-state index in [1.54, 1.807) is 0 Å². The molecule has 0 aliphatic heterocycles. The van der Waals surface area contributed by atoms with Gasteiger partial charge >= 0.3 is 0 Å². The quantitative estimate of drug-likeness (QED) is 0.817. The molecule has 1 heterocycles. The maximum atomic E-state index is 3.84. The third kappa shape index (κ3) is 3.63. The van der Waals surface area contributed by atoms with Crippen LogP contribution in [0.2, 0.25) is 0 Å². The molecule has 0 spiro atoms. The van der Waals surface area contributed by atoms with Gasteiger partial charge in [0.15, 0.2) is 0 Å². The van der Waals surface area contributed by atoms with Crippen LogP contribution in [0.4, 0.5) is 0 Å². The molecule has 0 saturated heterocycles. The minimum Gasteiger partial charge on any atom is -0.308 e. The van der Waals surface area contributed by atoms with Gasteiger partial charge in [0, 0.05) is 27.3 Å². The number of halogens is 1. The minimum atomic E-state index is 0.897. The monoisotopic (exact) mass is 259 g/mol. The van der Waals surface area contributed by atoms with E-state index in [0.29, 0.717) is 0 Å². The summed E-state index contributed by atoms with van der Waals surface area (Å²) in [5.74, 6) is 0. The number of rotatable bonds is 4. The van der Waals surface area contributed by atoms with Crippen LogP contribution < -0.4 is 5.32 Å². The van der Waals surface area contributed by atoms with Crippen molar-refractivity contribution in [2.24, 2.45) is 0 Å². The molecule has 0 saturated carbocycles. The molecule has 13 heavy (non-hydrogen) atoms. The van der Waals surface area contributed by atoms with Crippen LogP contribution in [0.15, 0.2) is 22.7 Å². The molecule has 1 N–H and O–H groups in total. The lowest BCUT2D eigenvalue weighted by atomic mass is 10.3. The molecule has 1 aromatic heterocycles. The molecule has 0 aliphatic rings. The summed E-state index contributed by atoms with van der Waals surface area (Å²) in [5, 5.41) is 3.33. The fourth-order valence-corrected chi connectivity index (χ4v) is 2.58. The second kappa shape index (κ2) is 4.94. The number of hydrogen-bond acceptors (Lipinski definition) is 2. The van der Waals surface area contributed by atoms with Gasteiger partial charge in [-0.1, -0.05) is 12.2 Å². The molecule has 0 aromatic carbocycles. The Morgan fingerprint density at radius 3 is 2.85 bits per heavy atom. The first-order valence-corrected chi connectivity index (χ1v) is 5.80. The zero-order chi connectivity index (χ0) is 9.84. The first kappa shape index (κ1) is 11.0. The topological polar surface area (TPSA) is 12.0 Å². The summed E-state index contributed by atoms with van der Waals surface area (Å²) in [6, 6.07) is 2.17. The van der Waals surface area contributed by atoms with Gasteiger partial charge in [-0.15, -0.1) is 11.3 Å². The van der Waals surface area contributed by atoms with Crippen molar-refractivity contribution >= 4 is 27.3 Å². The molecular formula is C10H14BrNS. The van der Waals surface area contributed by atoms with Crippen molar-refractivity contribution in [3.05, 3.63) is 32.4 Å². The van der Waals surface area contributed by atoms with Crippen molar-refractivity contribution in [3.63, 3.8) is 0 Å². The number of aryl methyl sites for hydroxylation is 1. The summed E-state index contributed by atoms with van der Waals surface area (Å²) in [6.07, 6.45) is 0. The molecular weight excluding hydrogens is 246 g/mol. The average molecular weight is 260 g/mol. The van der Waals surface area contributed by atoms with Crippen LogP contribution in [0.25, 0.3) is 0 Å². The lowest BCUT2D eigenvalue weighted by molar-refractivity contribution is 0.750. The highest BCUT2D eigenvalue weighted by atomic mass is 79.9. The van der Waals surface area contributed by atoms with Gasteiger partial charge in [0.25, 0.3) is 0 Å². The molecule has 0 bridgehead atoms. The Morgan fingerprint density at radius 1 is 1.69 bits per heavy atom. The van der Waals surface area contributed by atoms with Crippen molar-refractivity contribution in [2.45, 2.75) is 20.4 Å². The van der Waals surface area contributed by atoms with Crippen LogP contribution in [0.1, 0.15) is 16.7 Å². The van der Waals surface area contributed by atoms with Gasteiger partial charge in [-0.05, 0) is 35.8 Å². The SMILES string of the molecule is C=C(C)CNCc1cc(Br)c(C)s1. The molecule has 1 rings (SSSR count). The second-order valence-electron chi connectivity index (χ2n) is 3.18. The van der Waals surface area contributed by atoms with Gasteiger partial charge in [0.05, 0.1) is 0 Å². The minimum absolute atomic E-state index is 0.897. The van der Waals surface area contributed by atoms with E-state index >= 15 is 0 Å². The van der Waals surface area contributed by atoms with E-state index in [9.17, 15) is 0 Å². The smallest absolute Gasteiger partial charge is 0.0314 e. The van der Waals surface area contributed by atoms with Crippen molar-refractivity contribution in [1.29, 1.82) is 0 Å². The van der Waals surface area contributed by atoms with Gasteiger partial charge in [-0.2, -0.15) is 0 Å². The predicted octanol–water partition coefficient (Wildman–Crippen LogP) is 3.48. The highest BCUT2D eigenvalue weighted by molar-refractivity contribution is 9.10. The van der Waals surface area contributed by atoms with E-state index in [-0.39, 0.29) is 0 Å². The lowest BCUT2D eigenvalue weighted by Gasteiger charge is -2.00. The van der Waals surface area contributed by atoms with E-state index in [2.05, 4.69) is 40.8 Å². The summed E-state index contributed by atoms with van der Waals surface area (Å²) in [6.45, 7) is 9.82. The third-order valence-electron chi connectivity index (χ3n) is 1.63. The number of nitrogens with one attached hydrogen (secondary N) is 1. The first-order chi connectivity index (χ1) is 6.09. The third-order valence-corrected chi connectivity index (χ3v) is 3.77. The van der Waals surface area contributed by atoms with E-state index in [1.165, 1.54) is 19.8 Å². The molecule has 0 unspecified atom stereocenters. The van der Waals surface area contributed by atoms with Gasteiger partial charge in [-0.25, -0.2) is 0 Å². The fourth-order valence-electron chi connectivity index (χ4n) is 1.00. The van der Waals surface area contributed by atoms with Crippen LogP contribution in [0, 0.1) is 6.92 Å². The van der Waals surface area contributed by atoms with Crippen LogP contribution in [-0.4, -0.2) is 6.54 Å². The molecule has 0 amide bonds. The molecule has 0 atom stereocenters. The van der Waals surface area contributed by atoms with E-state index in [4.69, 9.17) is 0 Å². The molecule has 72 valence electrons. The van der Waals surface area contributed by atoms with Gasteiger partial charge in [-0.3, -0.25) is 0 Å². The Bertz CT molecular complexity index is 284. The molecule has 1 aromatic rings. The fraction of sp³-hybridized carbons (Fsp3) is 0.400. The Balaban J connectivity index is 2.41. The van der Waals surface area contributed by atoms with E-state index in [1.807, 2.05) is 18.3 Å². The lowest BCUT2D eigenvalue weighted by Crippen LogP contribution is -2.14. The summed E-state index contributed by atoms with van der Waals surface area (Å²) in [5.41, 5.74) is 1.17. The normalized spacial score (nSPS) is 10.4. The van der Waals surface area contributed by atoms with Crippen molar-refractivity contribution < 1.29 is 0 Å². The molecule has 0 radical (unpaired) electrons. The summed E-state index contributed by atoms with van der Waals surface area (Å²) < 4.78 is 1.21. The zero-order valence-electron chi connectivity index (χ0n) is 7.98. The summed E-state index contributed by atoms with van der Waals surface area (Å²) >= 11 is 5.33. The maximum Gasteiger partial charge on any atom is 0.0314 e. The number of hydrogen-bond donors (Lipinski definition) is 1. The zero-order valence-corrected chi connectivity index (χ0v) is 10.4. The predicted molar refractivity (Wildman–Crippen MR) is 63.3 cm³/mol. The second-order valence-corrected chi connectivity index (χ2v) is 5.37. The van der Waals surface area contributed by atoms with Crippen molar-refractivity contribution in [2.75, 3.05) is 6.54 Å². The standard InChI is InChI=1S/C10H14BrNS/c1-7(2)5-12-6-9-4-10(11)8(3)13-9/h4,12H,1,5-6H2,2-3H3. The first-order valence-electron chi connectivity index (χ1n) is 4.19. The van der Waals surface area contributed by atoms with E-state index in [0.717, 1.165) is 13.1 Å². The highest BCUT2D eigenvalue weighted by Gasteiger charge is 2.01. The van der Waals surface area contributed by atoms with Gasteiger partial charge in [0.1, 0.15) is 0 Å². The largest absolute Gasteiger partial charge is 0.308 e. The summed E-state index contributed by atoms with van der Waals surface area (Å²) in [4.78, 5) is 2.71. The Morgan fingerprint density at radius 2 is 2.38 bits per heavy atom. The van der Waals surface area contributed by atoms with Gasteiger partial charge in [0.2, 0.25) is 0 Å². The van der Waals surface area contributed by atoms with Crippen LogP contribution >= 0.6 is 27.3 Å². The highest BCUT2D eigenvalue weighted by Crippen LogP contribution is 2.25. The summed E-state index contributed by atoms with van der Waals surface area (Å²) in [7, 11) is 0. The Hall–Kier alpha value is -0.120. The Labute approximate surface area is 92.0 Å². The molecule has 3 heteroatoms.